The van der Waals surface area contributed by atoms with Gasteiger partial charge in [-0.3, -0.25) is 11.3 Å². The summed E-state index contributed by atoms with van der Waals surface area (Å²) in [6, 6.07) is 0.154. The van der Waals surface area contributed by atoms with E-state index in [0.717, 1.165) is 24.2 Å². The van der Waals surface area contributed by atoms with Gasteiger partial charge < -0.3 is 0 Å². The summed E-state index contributed by atoms with van der Waals surface area (Å²) >= 11 is 0. The molecule has 20 heavy (non-hydrogen) atoms. The minimum Gasteiger partial charge on any atom is -0.271 e. The molecule has 0 aromatic rings. The van der Waals surface area contributed by atoms with Gasteiger partial charge in [-0.25, -0.2) is 8.42 Å². The highest BCUT2D eigenvalue weighted by Crippen LogP contribution is 2.61. The SMILES string of the molecule is CS(=O)(=O)CCC(CC12CC3CC(CC(C3)C1)C2)NN. The molecule has 4 aliphatic rings. The number of hydrazine groups is 1. The summed E-state index contributed by atoms with van der Waals surface area (Å²) < 4.78 is 22.7. The van der Waals surface area contributed by atoms with Crippen molar-refractivity contribution in [3.05, 3.63) is 0 Å². The highest BCUT2D eigenvalue weighted by atomic mass is 32.2. The number of hydrogen-bond donors (Lipinski definition) is 2. The minimum absolute atomic E-state index is 0.154. The smallest absolute Gasteiger partial charge is 0.147 e. The van der Waals surface area contributed by atoms with E-state index >= 15 is 0 Å². The average Bonchev–Trinajstić information content (AvgIpc) is 2.31. The van der Waals surface area contributed by atoms with Crippen molar-refractivity contribution in [1.29, 1.82) is 0 Å². The molecule has 0 saturated heterocycles. The van der Waals surface area contributed by atoms with E-state index in [1.165, 1.54) is 44.8 Å². The van der Waals surface area contributed by atoms with E-state index in [1.54, 1.807) is 0 Å². The van der Waals surface area contributed by atoms with E-state index in [9.17, 15) is 8.42 Å². The average molecular weight is 300 g/mol. The van der Waals surface area contributed by atoms with Crippen LogP contribution in [0, 0.1) is 23.2 Å². The predicted octanol–water partition coefficient (Wildman–Crippen LogP) is 1.86. The van der Waals surface area contributed by atoms with Gasteiger partial charge in [-0.1, -0.05) is 0 Å². The third-order valence-electron chi connectivity index (χ3n) is 5.92. The largest absolute Gasteiger partial charge is 0.271 e. The van der Waals surface area contributed by atoms with Gasteiger partial charge in [0.2, 0.25) is 0 Å². The van der Waals surface area contributed by atoms with E-state index in [4.69, 9.17) is 5.84 Å². The third-order valence-corrected chi connectivity index (χ3v) is 6.89. The van der Waals surface area contributed by atoms with Crippen LogP contribution in [-0.2, 0) is 9.84 Å². The van der Waals surface area contributed by atoms with Crippen LogP contribution < -0.4 is 11.3 Å². The third kappa shape index (κ3) is 3.20. The Morgan fingerprint density at radius 3 is 2.05 bits per heavy atom. The zero-order valence-corrected chi connectivity index (χ0v) is 13.3. The molecule has 0 aromatic carbocycles. The Morgan fingerprint density at radius 2 is 1.65 bits per heavy atom. The van der Waals surface area contributed by atoms with Crippen molar-refractivity contribution in [2.75, 3.05) is 12.0 Å². The van der Waals surface area contributed by atoms with Crippen molar-refractivity contribution < 1.29 is 8.42 Å². The lowest BCUT2D eigenvalue weighted by Gasteiger charge is -2.57. The summed E-state index contributed by atoms with van der Waals surface area (Å²) in [6.07, 6.45) is 11.4. The molecule has 0 heterocycles. The first-order valence-electron chi connectivity index (χ1n) is 8.01. The molecule has 4 bridgehead atoms. The Morgan fingerprint density at radius 1 is 1.15 bits per heavy atom. The lowest BCUT2D eigenvalue weighted by Crippen LogP contribution is -2.50. The molecular weight excluding hydrogens is 272 g/mol. The maximum Gasteiger partial charge on any atom is 0.147 e. The van der Waals surface area contributed by atoms with Crippen LogP contribution >= 0.6 is 0 Å². The second-order valence-corrected chi connectivity index (χ2v) is 10.2. The number of sulfone groups is 1. The zero-order chi connectivity index (χ0) is 14.4. The van der Waals surface area contributed by atoms with Crippen molar-refractivity contribution in [3.8, 4) is 0 Å². The van der Waals surface area contributed by atoms with Gasteiger partial charge in [-0.15, -0.1) is 0 Å². The Bertz CT molecular complexity index is 425. The van der Waals surface area contributed by atoms with Gasteiger partial charge >= 0.3 is 0 Å². The Hall–Kier alpha value is -0.130. The quantitative estimate of drug-likeness (QED) is 0.580. The normalized spacial score (nSPS) is 41.0. The Labute approximate surface area is 122 Å². The molecule has 0 spiro atoms. The first-order chi connectivity index (χ1) is 9.37. The second kappa shape index (κ2) is 5.25. The summed E-state index contributed by atoms with van der Waals surface area (Å²) in [5.41, 5.74) is 3.35. The Balaban J connectivity index is 1.63. The first-order valence-corrected chi connectivity index (χ1v) is 10.1. The highest BCUT2D eigenvalue weighted by molar-refractivity contribution is 7.90. The number of rotatable bonds is 6. The van der Waals surface area contributed by atoms with Crippen LogP contribution in [0.4, 0.5) is 0 Å². The topological polar surface area (TPSA) is 72.2 Å². The van der Waals surface area contributed by atoms with Crippen LogP contribution in [0.2, 0.25) is 0 Å². The van der Waals surface area contributed by atoms with Crippen LogP contribution in [-0.4, -0.2) is 26.5 Å². The molecule has 0 amide bonds. The number of hydrogen-bond acceptors (Lipinski definition) is 4. The van der Waals surface area contributed by atoms with Crippen molar-refractivity contribution in [3.63, 3.8) is 0 Å². The predicted molar refractivity (Wildman–Crippen MR) is 80.7 cm³/mol. The monoisotopic (exact) mass is 300 g/mol. The van der Waals surface area contributed by atoms with E-state index in [2.05, 4.69) is 5.43 Å². The molecule has 4 aliphatic carbocycles. The molecule has 1 atom stereocenters. The molecule has 0 aromatic heterocycles. The van der Waals surface area contributed by atoms with Crippen LogP contribution in [0.5, 0.6) is 0 Å². The van der Waals surface area contributed by atoms with E-state index < -0.39 is 9.84 Å². The van der Waals surface area contributed by atoms with Crippen molar-refractivity contribution in [2.45, 2.75) is 57.4 Å². The van der Waals surface area contributed by atoms with Crippen LogP contribution in [0.3, 0.4) is 0 Å². The van der Waals surface area contributed by atoms with Gasteiger partial charge in [0.25, 0.3) is 0 Å². The molecule has 116 valence electrons. The first kappa shape index (κ1) is 14.8. The van der Waals surface area contributed by atoms with Crippen LogP contribution in [0.15, 0.2) is 0 Å². The van der Waals surface area contributed by atoms with E-state index in [0.29, 0.717) is 11.8 Å². The summed E-state index contributed by atoms with van der Waals surface area (Å²) in [7, 11) is -2.89. The summed E-state index contributed by atoms with van der Waals surface area (Å²) in [5.74, 6) is 8.75. The molecule has 4 nitrogen and oxygen atoms in total. The summed E-state index contributed by atoms with van der Waals surface area (Å²) in [4.78, 5) is 0. The molecule has 4 rings (SSSR count). The van der Waals surface area contributed by atoms with Gasteiger partial charge in [0.15, 0.2) is 0 Å². The van der Waals surface area contributed by atoms with Gasteiger partial charge in [-0.2, -0.15) is 0 Å². The lowest BCUT2D eigenvalue weighted by atomic mass is 9.48. The van der Waals surface area contributed by atoms with Crippen molar-refractivity contribution >= 4 is 9.84 Å². The summed E-state index contributed by atoms with van der Waals surface area (Å²) in [5, 5.41) is 0. The molecule has 4 fully saturated rings. The van der Waals surface area contributed by atoms with Crippen molar-refractivity contribution in [2.24, 2.45) is 29.0 Å². The fraction of sp³-hybridized carbons (Fsp3) is 1.00. The number of nitrogens with two attached hydrogens (primary N) is 1. The second-order valence-electron chi connectivity index (χ2n) is 7.90. The summed E-state index contributed by atoms with van der Waals surface area (Å²) in [6.45, 7) is 0. The van der Waals surface area contributed by atoms with Crippen molar-refractivity contribution in [1.82, 2.24) is 5.43 Å². The van der Waals surface area contributed by atoms with E-state index in [-0.39, 0.29) is 11.8 Å². The molecule has 0 radical (unpaired) electrons. The van der Waals surface area contributed by atoms with Crippen LogP contribution in [0.1, 0.15) is 51.4 Å². The van der Waals surface area contributed by atoms with E-state index in [1.807, 2.05) is 0 Å². The standard InChI is InChI=1S/C15H28N2O2S/c1-20(18,19)3-2-14(17-16)10-15-7-11-4-12(8-15)6-13(5-11)9-15/h11-14,17H,2-10,16H2,1H3. The Kier molecular flexibility index (Phi) is 3.89. The van der Waals surface area contributed by atoms with Gasteiger partial charge in [0, 0.05) is 12.3 Å². The number of nitrogens with one attached hydrogen (secondary N) is 1. The molecule has 1 unspecified atom stereocenters. The highest BCUT2D eigenvalue weighted by Gasteiger charge is 2.51. The molecule has 3 N–H and O–H groups in total. The minimum atomic E-state index is -2.89. The molecule has 5 heteroatoms. The van der Waals surface area contributed by atoms with Gasteiger partial charge in [0.05, 0.1) is 5.75 Å². The van der Waals surface area contributed by atoms with Gasteiger partial charge in [-0.05, 0) is 74.5 Å². The molecule has 0 aliphatic heterocycles. The molecular formula is C15H28N2O2S. The zero-order valence-electron chi connectivity index (χ0n) is 12.5. The fourth-order valence-electron chi connectivity index (χ4n) is 5.66. The maximum atomic E-state index is 11.3. The van der Waals surface area contributed by atoms with Crippen LogP contribution in [0.25, 0.3) is 0 Å². The fourth-order valence-corrected chi connectivity index (χ4v) is 6.38. The molecule has 4 saturated carbocycles. The lowest BCUT2D eigenvalue weighted by molar-refractivity contribution is -0.0621. The van der Waals surface area contributed by atoms with Gasteiger partial charge in [0.1, 0.15) is 9.84 Å². The maximum absolute atomic E-state index is 11.3.